The quantitative estimate of drug-likeness (QED) is 0.477. The molecule has 24 heavy (non-hydrogen) atoms. The molecule has 0 spiro atoms. The number of methoxy groups -OCH3 is 1. The topological polar surface area (TPSA) is 81.1 Å². The summed E-state index contributed by atoms with van der Waals surface area (Å²) >= 11 is 6.55. The molecule has 0 radical (unpaired) electrons. The maximum atomic E-state index is 11.9. The summed E-state index contributed by atoms with van der Waals surface area (Å²) < 4.78 is 6.69. The van der Waals surface area contributed by atoms with E-state index >= 15 is 0 Å². The maximum absolute atomic E-state index is 11.9. The molecule has 1 amide bonds. The maximum Gasteiger partial charge on any atom is 0.250 e. The van der Waals surface area contributed by atoms with Gasteiger partial charge in [-0.1, -0.05) is 23.9 Å². The Morgan fingerprint density at radius 2 is 2.04 bits per heavy atom. The molecule has 0 unspecified atom stereocenters. The highest BCUT2D eigenvalue weighted by atomic mass is 32.2. The summed E-state index contributed by atoms with van der Waals surface area (Å²) in [7, 11) is 1.60. The second-order valence-electron chi connectivity index (χ2n) is 4.61. The van der Waals surface area contributed by atoms with Gasteiger partial charge in [-0.15, -0.1) is 10.2 Å². The number of rotatable bonds is 5. The fourth-order valence-electron chi connectivity index (χ4n) is 1.77. The second-order valence-corrected chi connectivity index (χ2v) is 5.79. The predicted molar refractivity (Wildman–Crippen MR) is 98.7 cm³/mol. The Labute approximate surface area is 149 Å². The van der Waals surface area contributed by atoms with E-state index in [1.54, 1.807) is 24.8 Å². The molecule has 2 rings (SSSR count). The van der Waals surface area contributed by atoms with Crippen LogP contribution in [-0.2, 0) is 4.79 Å². The first-order chi connectivity index (χ1) is 11.5. The molecule has 9 heteroatoms. The molecule has 0 aliphatic rings. The predicted octanol–water partition coefficient (Wildman–Crippen LogP) is 1.98. The van der Waals surface area contributed by atoms with Crippen LogP contribution in [0.5, 0.6) is 5.75 Å². The number of nitrogens with one attached hydrogen (secondary N) is 2. The average Bonchev–Trinajstić information content (AvgIpc) is 2.93. The highest BCUT2D eigenvalue weighted by Gasteiger charge is 2.09. The molecule has 0 bridgehead atoms. The van der Waals surface area contributed by atoms with Gasteiger partial charge in [-0.2, -0.15) is 0 Å². The largest absolute Gasteiger partial charge is 0.497 e. The van der Waals surface area contributed by atoms with Gasteiger partial charge >= 0.3 is 0 Å². The minimum atomic E-state index is -0.334. The Balaban J connectivity index is 1.92. The summed E-state index contributed by atoms with van der Waals surface area (Å²) in [5.41, 5.74) is 3.75. The Morgan fingerprint density at radius 3 is 2.67 bits per heavy atom. The molecule has 0 aliphatic carbocycles. The van der Waals surface area contributed by atoms with Crippen LogP contribution in [-0.4, -0.2) is 39.3 Å². The summed E-state index contributed by atoms with van der Waals surface area (Å²) in [5.74, 6) is 1.07. The molecule has 2 aromatic rings. The van der Waals surface area contributed by atoms with Gasteiger partial charge < -0.3 is 4.74 Å². The van der Waals surface area contributed by atoms with Crippen LogP contribution in [0.25, 0.3) is 6.08 Å². The first kappa shape index (κ1) is 18.0. The van der Waals surface area contributed by atoms with E-state index in [0.717, 1.165) is 11.3 Å². The Bertz CT molecular complexity index is 756. The number of amides is 1. The molecule has 0 fully saturated rings. The number of carbonyl (C=O) groups is 1. The molecular formula is C15H17N5O2S2. The van der Waals surface area contributed by atoms with Gasteiger partial charge in [0.2, 0.25) is 11.1 Å². The Kier molecular flexibility index (Phi) is 6.33. The van der Waals surface area contributed by atoms with Gasteiger partial charge in [0.05, 0.1) is 7.11 Å². The van der Waals surface area contributed by atoms with Gasteiger partial charge in [0, 0.05) is 6.08 Å². The van der Waals surface area contributed by atoms with Crippen molar-refractivity contribution in [2.24, 2.45) is 0 Å². The molecule has 7 nitrogen and oxygen atoms in total. The normalized spacial score (nSPS) is 10.6. The van der Waals surface area contributed by atoms with Crippen molar-refractivity contribution >= 4 is 41.1 Å². The van der Waals surface area contributed by atoms with Crippen molar-refractivity contribution in [3.63, 3.8) is 0 Å². The highest BCUT2D eigenvalue weighted by Crippen LogP contribution is 2.12. The van der Waals surface area contributed by atoms with Crippen molar-refractivity contribution in [3.8, 4) is 5.75 Å². The number of aromatic nitrogens is 3. The number of ether oxygens (including phenoxy) is 1. The molecule has 1 heterocycles. The minimum absolute atomic E-state index is 0.164. The lowest BCUT2D eigenvalue weighted by Crippen LogP contribution is -2.37. The van der Waals surface area contributed by atoms with E-state index in [2.05, 4.69) is 20.9 Å². The van der Waals surface area contributed by atoms with Crippen LogP contribution in [0.2, 0.25) is 0 Å². The first-order valence-electron chi connectivity index (χ1n) is 6.93. The third-order valence-corrected chi connectivity index (χ3v) is 3.79. The fourth-order valence-corrected chi connectivity index (χ4v) is 2.45. The van der Waals surface area contributed by atoms with Gasteiger partial charge in [-0.3, -0.25) is 15.5 Å². The summed E-state index contributed by atoms with van der Waals surface area (Å²) in [6.07, 6.45) is 4.97. The number of aryl methyl sites for hydroxylation is 1. The monoisotopic (exact) mass is 363 g/mol. The van der Waals surface area contributed by atoms with Crippen molar-refractivity contribution < 1.29 is 9.53 Å². The number of carbonyl (C=O) groups excluding carboxylic acids is 1. The molecule has 0 atom stereocenters. The first-order valence-corrected chi connectivity index (χ1v) is 8.57. The molecular weight excluding hydrogens is 346 g/mol. The van der Waals surface area contributed by atoms with Crippen LogP contribution in [0.3, 0.4) is 0 Å². The summed E-state index contributed by atoms with van der Waals surface area (Å²) in [4.78, 5) is 11.9. The lowest BCUT2D eigenvalue weighted by Gasteiger charge is -2.11. The molecule has 1 aromatic heterocycles. The molecule has 0 saturated heterocycles. The SMILES string of the molecule is COc1ccc(C=CC(=O)NC(=S)Nn2c(C)nnc2SC)cc1. The molecule has 2 N–H and O–H groups in total. The number of hydrogen-bond acceptors (Lipinski definition) is 6. The van der Waals surface area contributed by atoms with E-state index in [4.69, 9.17) is 17.0 Å². The fraction of sp³-hybridized carbons (Fsp3) is 0.200. The number of thiocarbonyl (C=S) groups is 1. The third-order valence-electron chi connectivity index (χ3n) is 2.97. The van der Waals surface area contributed by atoms with E-state index in [0.29, 0.717) is 11.0 Å². The van der Waals surface area contributed by atoms with Crippen LogP contribution < -0.4 is 15.5 Å². The van der Waals surface area contributed by atoms with Gasteiger partial charge in [0.1, 0.15) is 11.6 Å². The van der Waals surface area contributed by atoms with E-state index in [1.165, 1.54) is 17.8 Å². The lowest BCUT2D eigenvalue weighted by molar-refractivity contribution is -0.115. The van der Waals surface area contributed by atoms with E-state index < -0.39 is 0 Å². The highest BCUT2D eigenvalue weighted by molar-refractivity contribution is 7.98. The van der Waals surface area contributed by atoms with Crippen LogP contribution in [0.4, 0.5) is 0 Å². The van der Waals surface area contributed by atoms with Gasteiger partial charge in [0.15, 0.2) is 5.11 Å². The standard InChI is InChI=1S/C15H17N5O2S2/c1-10-17-18-15(24-3)20(10)19-14(23)16-13(21)9-6-11-4-7-12(22-2)8-5-11/h4-9H,1-3H3,(H2,16,19,21,23). The van der Waals surface area contributed by atoms with Crippen LogP contribution >= 0.6 is 24.0 Å². The number of thioether (sulfide) groups is 1. The summed E-state index contributed by atoms with van der Waals surface area (Å²) in [6.45, 7) is 1.79. The van der Waals surface area contributed by atoms with Crippen molar-refractivity contribution in [1.82, 2.24) is 20.2 Å². The molecule has 1 aromatic carbocycles. The zero-order valence-corrected chi connectivity index (χ0v) is 15.1. The second kappa shape index (κ2) is 8.46. The van der Waals surface area contributed by atoms with Crippen LogP contribution in [0, 0.1) is 6.92 Å². The van der Waals surface area contributed by atoms with E-state index in [9.17, 15) is 4.79 Å². The van der Waals surface area contributed by atoms with Crippen molar-refractivity contribution in [2.75, 3.05) is 18.8 Å². The molecule has 0 saturated carbocycles. The van der Waals surface area contributed by atoms with Gasteiger partial charge in [-0.25, -0.2) is 4.68 Å². The number of nitrogens with zero attached hydrogens (tertiary/aromatic N) is 3. The smallest absolute Gasteiger partial charge is 0.250 e. The van der Waals surface area contributed by atoms with Gasteiger partial charge in [-0.05, 0) is 49.2 Å². The van der Waals surface area contributed by atoms with E-state index in [1.807, 2.05) is 30.5 Å². The third kappa shape index (κ3) is 4.80. The molecule has 0 aliphatic heterocycles. The van der Waals surface area contributed by atoms with Crippen LogP contribution in [0.1, 0.15) is 11.4 Å². The van der Waals surface area contributed by atoms with Crippen molar-refractivity contribution in [3.05, 3.63) is 41.7 Å². The van der Waals surface area contributed by atoms with Gasteiger partial charge in [0.25, 0.3) is 0 Å². The van der Waals surface area contributed by atoms with Crippen molar-refractivity contribution in [1.29, 1.82) is 0 Å². The number of hydrogen-bond donors (Lipinski definition) is 2. The zero-order chi connectivity index (χ0) is 17.5. The number of benzene rings is 1. The zero-order valence-electron chi connectivity index (χ0n) is 13.4. The van der Waals surface area contributed by atoms with Crippen LogP contribution in [0.15, 0.2) is 35.5 Å². The summed E-state index contributed by atoms with van der Waals surface area (Å²) in [6, 6.07) is 7.35. The minimum Gasteiger partial charge on any atom is -0.497 e. The molecule has 126 valence electrons. The average molecular weight is 363 g/mol. The van der Waals surface area contributed by atoms with Crippen molar-refractivity contribution in [2.45, 2.75) is 12.1 Å². The lowest BCUT2D eigenvalue weighted by atomic mass is 10.2. The summed E-state index contributed by atoms with van der Waals surface area (Å²) in [5, 5.41) is 11.3. The Morgan fingerprint density at radius 1 is 1.33 bits per heavy atom. The Hall–Kier alpha value is -2.39. The van der Waals surface area contributed by atoms with E-state index in [-0.39, 0.29) is 11.0 Å².